The Bertz CT molecular complexity index is 1140. The van der Waals surface area contributed by atoms with Gasteiger partial charge >= 0.3 is 0 Å². The standard InChI is InChI=1S/C21H22N2O4S2/c1-14-5-6-18(11-15(14)2)23(16(3)24)21-22-17(13-28-21)12-27-19-7-9-20(10-8-19)29(4,25)26/h5-11,13H,12H2,1-4H3. The van der Waals surface area contributed by atoms with Crippen LogP contribution in [0.4, 0.5) is 10.8 Å². The summed E-state index contributed by atoms with van der Waals surface area (Å²) < 4.78 is 28.7. The van der Waals surface area contributed by atoms with Gasteiger partial charge in [-0.1, -0.05) is 6.07 Å². The van der Waals surface area contributed by atoms with Crippen LogP contribution in [-0.2, 0) is 21.2 Å². The van der Waals surface area contributed by atoms with Gasteiger partial charge in [0, 0.05) is 18.6 Å². The van der Waals surface area contributed by atoms with Crippen molar-refractivity contribution in [2.75, 3.05) is 11.2 Å². The molecule has 152 valence electrons. The fraction of sp³-hybridized carbons (Fsp3) is 0.238. The van der Waals surface area contributed by atoms with Gasteiger partial charge in [-0.05, 0) is 61.4 Å². The second-order valence-corrected chi connectivity index (χ2v) is 9.63. The smallest absolute Gasteiger partial charge is 0.230 e. The van der Waals surface area contributed by atoms with Crippen LogP contribution >= 0.6 is 11.3 Å². The molecule has 2 aromatic carbocycles. The summed E-state index contributed by atoms with van der Waals surface area (Å²) in [6, 6.07) is 12.1. The van der Waals surface area contributed by atoms with E-state index < -0.39 is 9.84 Å². The first-order valence-electron chi connectivity index (χ1n) is 8.90. The Labute approximate surface area is 174 Å². The van der Waals surface area contributed by atoms with Crippen molar-refractivity contribution in [1.82, 2.24) is 4.98 Å². The molecule has 1 aromatic heterocycles. The van der Waals surface area contributed by atoms with Crippen molar-refractivity contribution >= 4 is 37.9 Å². The summed E-state index contributed by atoms with van der Waals surface area (Å²) in [5.41, 5.74) is 3.73. The molecule has 0 saturated heterocycles. The van der Waals surface area contributed by atoms with E-state index in [9.17, 15) is 13.2 Å². The van der Waals surface area contributed by atoms with E-state index in [1.165, 1.54) is 30.4 Å². The zero-order valence-electron chi connectivity index (χ0n) is 16.7. The molecule has 0 saturated carbocycles. The average Bonchev–Trinajstić information content (AvgIpc) is 3.11. The lowest BCUT2D eigenvalue weighted by Crippen LogP contribution is -2.22. The molecule has 0 unspecified atom stereocenters. The largest absolute Gasteiger partial charge is 0.487 e. The molecule has 1 amide bonds. The molecule has 3 aromatic rings. The van der Waals surface area contributed by atoms with Crippen LogP contribution in [0.2, 0.25) is 0 Å². The summed E-state index contributed by atoms with van der Waals surface area (Å²) in [5, 5.41) is 2.42. The Morgan fingerprint density at radius 3 is 2.38 bits per heavy atom. The Balaban J connectivity index is 1.75. The molecule has 8 heteroatoms. The highest BCUT2D eigenvalue weighted by atomic mass is 32.2. The maximum atomic E-state index is 12.3. The predicted octanol–water partition coefficient (Wildman–Crippen LogP) is 4.43. The summed E-state index contributed by atoms with van der Waals surface area (Å²) in [6.07, 6.45) is 1.16. The van der Waals surface area contributed by atoms with Crippen LogP contribution in [0.5, 0.6) is 5.75 Å². The lowest BCUT2D eigenvalue weighted by molar-refractivity contribution is -0.115. The van der Waals surface area contributed by atoms with Gasteiger partial charge in [0.05, 0.1) is 16.3 Å². The number of benzene rings is 2. The number of aryl methyl sites for hydroxylation is 2. The Morgan fingerprint density at radius 2 is 1.79 bits per heavy atom. The third-order valence-corrected chi connectivity index (χ3v) is 6.44. The molecule has 0 aliphatic heterocycles. The van der Waals surface area contributed by atoms with Crippen LogP contribution in [0.1, 0.15) is 23.7 Å². The van der Waals surface area contributed by atoms with Crippen molar-refractivity contribution < 1.29 is 17.9 Å². The van der Waals surface area contributed by atoms with E-state index in [4.69, 9.17) is 4.74 Å². The van der Waals surface area contributed by atoms with Gasteiger partial charge in [0.25, 0.3) is 0 Å². The number of rotatable bonds is 6. The van der Waals surface area contributed by atoms with Crippen LogP contribution in [0.25, 0.3) is 0 Å². The lowest BCUT2D eigenvalue weighted by atomic mass is 10.1. The van der Waals surface area contributed by atoms with Crippen molar-refractivity contribution in [2.24, 2.45) is 0 Å². The van der Waals surface area contributed by atoms with Crippen LogP contribution in [-0.4, -0.2) is 25.6 Å². The molecule has 0 aliphatic carbocycles. The first kappa shape index (κ1) is 21.0. The van der Waals surface area contributed by atoms with Gasteiger partial charge in [-0.2, -0.15) is 0 Å². The Hall–Kier alpha value is -2.71. The van der Waals surface area contributed by atoms with Crippen molar-refractivity contribution in [1.29, 1.82) is 0 Å². The number of sulfone groups is 1. The zero-order valence-corrected chi connectivity index (χ0v) is 18.3. The second kappa shape index (κ2) is 8.34. The third-order valence-electron chi connectivity index (χ3n) is 4.43. The number of ether oxygens (including phenoxy) is 1. The van der Waals surface area contributed by atoms with Crippen molar-refractivity contribution in [3.63, 3.8) is 0 Å². The van der Waals surface area contributed by atoms with E-state index >= 15 is 0 Å². The molecule has 0 fully saturated rings. The van der Waals surface area contributed by atoms with Gasteiger partial charge in [0.1, 0.15) is 12.4 Å². The van der Waals surface area contributed by atoms with Gasteiger partial charge < -0.3 is 4.74 Å². The molecule has 0 aliphatic rings. The summed E-state index contributed by atoms with van der Waals surface area (Å²) in [5.74, 6) is 0.427. The molecular weight excluding hydrogens is 408 g/mol. The molecule has 0 radical (unpaired) electrons. The second-order valence-electron chi connectivity index (χ2n) is 6.78. The summed E-state index contributed by atoms with van der Waals surface area (Å²) in [7, 11) is -3.24. The van der Waals surface area contributed by atoms with Crippen LogP contribution in [0.15, 0.2) is 52.7 Å². The number of anilines is 2. The average molecular weight is 431 g/mol. The minimum Gasteiger partial charge on any atom is -0.487 e. The van der Waals surface area contributed by atoms with Gasteiger partial charge in [0.15, 0.2) is 15.0 Å². The molecular formula is C21H22N2O4S2. The van der Waals surface area contributed by atoms with Crippen LogP contribution in [0, 0.1) is 13.8 Å². The topological polar surface area (TPSA) is 76.6 Å². The van der Waals surface area contributed by atoms with Crippen molar-refractivity contribution in [2.45, 2.75) is 32.3 Å². The zero-order chi connectivity index (χ0) is 21.2. The number of hydrogen-bond acceptors (Lipinski definition) is 6. The third kappa shape index (κ3) is 5.02. The van der Waals surface area contributed by atoms with E-state index in [-0.39, 0.29) is 17.4 Å². The van der Waals surface area contributed by atoms with Gasteiger partial charge in [-0.25, -0.2) is 13.4 Å². The number of nitrogens with zero attached hydrogens (tertiary/aromatic N) is 2. The first-order chi connectivity index (χ1) is 13.6. The number of aromatic nitrogens is 1. The monoisotopic (exact) mass is 430 g/mol. The van der Waals surface area contributed by atoms with E-state index in [0.29, 0.717) is 16.6 Å². The lowest BCUT2D eigenvalue weighted by Gasteiger charge is -2.19. The fourth-order valence-corrected chi connectivity index (χ4v) is 4.20. The Morgan fingerprint density at radius 1 is 1.10 bits per heavy atom. The number of carbonyl (C=O) groups is 1. The van der Waals surface area contributed by atoms with Gasteiger partial charge in [0.2, 0.25) is 5.91 Å². The van der Waals surface area contributed by atoms with E-state index in [2.05, 4.69) is 4.98 Å². The van der Waals surface area contributed by atoms with Crippen molar-refractivity contribution in [3.8, 4) is 5.75 Å². The van der Waals surface area contributed by atoms with Gasteiger partial charge in [-0.15, -0.1) is 11.3 Å². The maximum Gasteiger partial charge on any atom is 0.230 e. The maximum absolute atomic E-state index is 12.3. The first-order valence-corrected chi connectivity index (χ1v) is 11.7. The molecule has 29 heavy (non-hydrogen) atoms. The Kier molecular flexibility index (Phi) is 6.04. The molecule has 0 bridgehead atoms. The normalized spacial score (nSPS) is 11.3. The number of hydrogen-bond donors (Lipinski definition) is 0. The van der Waals surface area contributed by atoms with E-state index in [1.807, 2.05) is 37.4 Å². The van der Waals surface area contributed by atoms with E-state index in [0.717, 1.165) is 23.1 Å². The minimum atomic E-state index is -3.24. The summed E-state index contributed by atoms with van der Waals surface area (Å²) in [6.45, 7) is 5.76. The number of thiazole rings is 1. The SMILES string of the molecule is CC(=O)N(c1ccc(C)c(C)c1)c1nc(COc2ccc(S(C)(=O)=O)cc2)cs1. The fourth-order valence-electron chi connectivity index (χ4n) is 2.70. The molecule has 6 nitrogen and oxygen atoms in total. The van der Waals surface area contributed by atoms with Gasteiger partial charge in [-0.3, -0.25) is 9.69 Å². The molecule has 3 rings (SSSR count). The predicted molar refractivity (Wildman–Crippen MR) is 115 cm³/mol. The molecule has 0 spiro atoms. The van der Waals surface area contributed by atoms with Crippen LogP contribution in [0.3, 0.4) is 0 Å². The highest BCUT2D eigenvalue weighted by molar-refractivity contribution is 7.90. The molecule has 0 N–H and O–H groups in total. The quantitative estimate of drug-likeness (QED) is 0.578. The van der Waals surface area contributed by atoms with E-state index in [1.54, 1.807) is 17.0 Å². The highest BCUT2D eigenvalue weighted by Gasteiger charge is 2.18. The van der Waals surface area contributed by atoms with Crippen LogP contribution < -0.4 is 9.64 Å². The molecule has 0 atom stereocenters. The highest BCUT2D eigenvalue weighted by Crippen LogP contribution is 2.30. The summed E-state index contributed by atoms with van der Waals surface area (Å²) >= 11 is 1.37. The number of carbonyl (C=O) groups excluding carboxylic acids is 1. The van der Waals surface area contributed by atoms with Crippen molar-refractivity contribution in [3.05, 3.63) is 64.7 Å². The number of amides is 1. The molecule has 1 heterocycles. The minimum absolute atomic E-state index is 0.119. The summed E-state index contributed by atoms with van der Waals surface area (Å²) in [4.78, 5) is 18.6.